The van der Waals surface area contributed by atoms with Crippen LogP contribution in [0.3, 0.4) is 0 Å². The molecule has 0 bridgehead atoms. The largest absolute Gasteiger partial charge is 0.457 e. The molecule has 106 valence electrons. The molecule has 7 heteroatoms. The van der Waals surface area contributed by atoms with Gasteiger partial charge in [0.15, 0.2) is 0 Å². The van der Waals surface area contributed by atoms with Crippen molar-refractivity contribution in [1.82, 2.24) is 0 Å². The molecule has 0 saturated carbocycles. The summed E-state index contributed by atoms with van der Waals surface area (Å²) < 4.78 is 43.9. The molecule has 0 aromatic heterocycles. The summed E-state index contributed by atoms with van der Waals surface area (Å²) in [6, 6.07) is 12.1. The molecule has 0 aliphatic heterocycles. The highest BCUT2D eigenvalue weighted by atomic mass is 35.9. The second kappa shape index (κ2) is 6.21. The molecule has 2 aromatic rings. The van der Waals surface area contributed by atoms with E-state index in [9.17, 15) is 13.2 Å². The summed E-state index contributed by atoms with van der Waals surface area (Å²) in [5, 5.41) is -0.163. The number of rotatable bonds is 3. The van der Waals surface area contributed by atoms with Gasteiger partial charge in [-0.3, -0.25) is 0 Å². The van der Waals surface area contributed by atoms with Gasteiger partial charge in [-0.2, -0.15) is 13.2 Å². The van der Waals surface area contributed by atoms with Crippen molar-refractivity contribution in [1.29, 1.82) is 0 Å². The lowest BCUT2D eigenvalue weighted by Crippen LogP contribution is -2.16. The van der Waals surface area contributed by atoms with E-state index in [1.165, 1.54) is 12.1 Å². The minimum atomic E-state index is -4.50. The van der Waals surface area contributed by atoms with Crippen molar-refractivity contribution in [3.05, 3.63) is 54.1 Å². The Labute approximate surface area is 124 Å². The van der Waals surface area contributed by atoms with Crippen LogP contribution in [-0.2, 0) is 6.18 Å². The molecule has 0 heterocycles. The molecule has 0 atom stereocenters. The van der Waals surface area contributed by atoms with Crippen LogP contribution < -0.4 is 10.0 Å². The van der Waals surface area contributed by atoms with Gasteiger partial charge in [-0.05, 0) is 30.3 Å². The van der Waals surface area contributed by atoms with Gasteiger partial charge < -0.3 is 4.74 Å². The SMILES string of the molecule is FC(F)(F)c1ccc(Oc2ccccc2)cc1P(Cl)Cl. The van der Waals surface area contributed by atoms with Crippen LogP contribution in [0, 0.1) is 0 Å². The molecule has 0 N–H and O–H groups in total. The highest BCUT2D eigenvalue weighted by molar-refractivity contribution is 8.08. The molecule has 20 heavy (non-hydrogen) atoms. The Morgan fingerprint density at radius 1 is 0.900 bits per heavy atom. The highest BCUT2D eigenvalue weighted by Crippen LogP contribution is 2.49. The van der Waals surface area contributed by atoms with Gasteiger partial charge in [0, 0.05) is 5.30 Å². The number of halogens is 5. The maximum absolute atomic E-state index is 12.8. The van der Waals surface area contributed by atoms with Gasteiger partial charge in [0.25, 0.3) is 0 Å². The number of ether oxygens (including phenoxy) is 1. The molecule has 0 aliphatic rings. The number of alkyl halides is 3. The summed E-state index contributed by atoms with van der Waals surface area (Å²) in [6.45, 7) is -1.93. The quantitative estimate of drug-likeness (QED) is 0.632. The average Bonchev–Trinajstić information content (AvgIpc) is 2.38. The van der Waals surface area contributed by atoms with Crippen LogP contribution in [0.4, 0.5) is 13.2 Å². The molecule has 1 nitrogen and oxygen atoms in total. The molecule has 2 rings (SSSR count). The zero-order valence-corrected chi connectivity index (χ0v) is 12.3. The molecule has 2 aromatic carbocycles. The Bertz CT molecular complexity index is 588. The van der Waals surface area contributed by atoms with E-state index in [1.54, 1.807) is 24.3 Å². The Kier molecular flexibility index (Phi) is 4.79. The first-order valence-electron chi connectivity index (χ1n) is 5.44. The van der Waals surface area contributed by atoms with Crippen molar-refractivity contribution in [2.75, 3.05) is 0 Å². The molecule has 0 unspecified atom stereocenters. The van der Waals surface area contributed by atoms with Crippen LogP contribution in [0.15, 0.2) is 48.5 Å². The van der Waals surface area contributed by atoms with Crippen LogP contribution in [0.1, 0.15) is 5.56 Å². The molecule has 0 spiro atoms. The normalized spacial score (nSPS) is 11.7. The van der Waals surface area contributed by atoms with E-state index >= 15 is 0 Å². The number of hydrogen-bond donors (Lipinski definition) is 0. The Morgan fingerprint density at radius 2 is 1.55 bits per heavy atom. The number of hydrogen-bond acceptors (Lipinski definition) is 1. The van der Waals surface area contributed by atoms with Crippen LogP contribution in [0.2, 0.25) is 0 Å². The van der Waals surface area contributed by atoms with Crippen LogP contribution in [0.5, 0.6) is 11.5 Å². The monoisotopic (exact) mass is 338 g/mol. The van der Waals surface area contributed by atoms with Gasteiger partial charge in [0.1, 0.15) is 18.1 Å². The van der Waals surface area contributed by atoms with E-state index in [1.807, 2.05) is 6.07 Å². The second-order valence-corrected chi connectivity index (χ2v) is 7.32. The fourth-order valence-electron chi connectivity index (χ4n) is 1.58. The van der Waals surface area contributed by atoms with Crippen molar-refractivity contribution in [3.8, 4) is 11.5 Å². The lowest BCUT2D eigenvalue weighted by molar-refractivity contribution is -0.136. The Morgan fingerprint density at radius 3 is 2.10 bits per heavy atom. The second-order valence-electron chi connectivity index (χ2n) is 3.82. The summed E-state index contributed by atoms with van der Waals surface area (Å²) in [4.78, 5) is 0. The van der Waals surface area contributed by atoms with Gasteiger partial charge >= 0.3 is 6.18 Å². The van der Waals surface area contributed by atoms with Gasteiger partial charge in [-0.1, -0.05) is 40.7 Å². The van der Waals surface area contributed by atoms with E-state index in [0.717, 1.165) is 6.07 Å². The fraction of sp³-hybridized carbons (Fsp3) is 0.0769. The number of para-hydroxylation sites is 1. The molecule has 0 amide bonds. The third kappa shape index (κ3) is 3.78. The van der Waals surface area contributed by atoms with E-state index in [0.29, 0.717) is 5.75 Å². The van der Waals surface area contributed by atoms with E-state index in [-0.39, 0.29) is 11.1 Å². The van der Waals surface area contributed by atoms with Gasteiger partial charge in [-0.15, -0.1) is 0 Å². The van der Waals surface area contributed by atoms with Crippen LogP contribution >= 0.6 is 29.1 Å². The summed E-state index contributed by atoms with van der Waals surface area (Å²) in [7, 11) is 0. The first-order chi connectivity index (χ1) is 9.38. The number of benzene rings is 2. The van der Waals surface area contributed by atoms with Crippen molar-refractivity contribution >= 4 is 34.4 Å². The van der Waals surface area contributed by atoms with Crippen molar-refractivity contribution in [3.63, 3.8) is 0 Å². The zero-order valence-electron chi connectivity index (χ0n) is 9.86. The van der Waals surface area contributed by atoms with Gasteiger partial charge in [0.05, 0.1) is 5.56 Å². The maximum Gasteiger partial charge on any atom is 0.417 e. The molecule has 0 radical (unpaired) electrons. The zero-order chi connectivity index (χ0) is 14.8. The third-order valence-electron chi connectivity index (χ3n) is 2.44. The van der Waals surface area contributed by atoms with E-state index in [4.69, 9.17) is 27.2 Å². The summed E-state index contributed by atoms with van der Waals surface area (Å²) in [5.74, 6) is 0.777. The van der Waals surface area contributed by atoms with Crippen molar-refractivity contribution in [2.24, 2.45) is 0 Å². The van der Waals surface area contributed by atoms with Crippen molar-refractivity contribution < 1.29 is 17.9 Å². The first-order valence-corrected chi connectivity index (χ1v) is 8.59. The van der Waals surface area contributed by atoms with Crippen LogP contribution in [0.25, 0.3) is 0 Å². The van der Waals surface area contributed by atoms with Crippen LogP contribution in [-0.4, -0.2) is 0 Å². The smallest absolute Gasteiger partial charge is 0.417 e. The molecule has 0 aliphatic carbocycles. The predicted molar refractivity (Wildman–Crippen MR) is 76.2 cm³/mol. The lowest BCUT2D eigenvalue weighted by Gasteiger charge is -2.15. The first kappa shape index (κ1) is 15.4. The standard InChI is InChI=1S/C13H8Cl2F3OP/c14-20(15)12-8-10(6-7-11(12)13(16,17)18)19-9-4-2-1-3-5-9/h1-8H. The molecular weight excluding hydrogens is 331 g/mol. The molecular formula is C13H8Cl2F3OP. The Balaban J connectivity index is 2.36. The predicted octanol–water partition coefficient (Wildman–Crippen LogP) is 5.91. The summed E-state index contributed by atoms with van der Waals surface area (Å²) in [6.07, 6.45) is -4.50. The lowest BCUT2D eigenvalue weighted by atomic mass is 10.2. The summed E-state index contributed by atoms with van der Waals surface area (Å²) in [5.41, 5.74) is -0.839. The minimum absolute atomic E-state index is 0.163. The van der Waals surface area contributed by atoms with Crippen molar-refractivity contribution in [2.45, 2.75) is 6.18 Å². The fourth-order valence-corrected chi connectivity index (χ4v) is 3.03. The minimum Gasteiger partial charge on any atom is -0.457 e. The third-order valence-corrected chi connectivity index (χ3v) is 4.26. The molecule has 0 saturated heterocycles. The average molecular weight is 339 g/mol. The van der Waals surface area contributed by atoms with Gasteiger partial charge in [0.2, 0.25) is 0 Å². The highest BCUT2D eigenvalue weighted by Gasteiger charge is 2.35. The maximum atomic E-state index is 12.8. The van der Waals surface area contributed by atoms with E-state index < -0.39 is 18.4 Å². The van der Waals surface area contributed by atoms with Gasteiger partial charge in [-0.25, -0.2) is 0 Å². The Hall–Kier alpha value is -0.960. The molecule has 0 fully saturated rings. The summed E-state index contributed by atoms with van der Waals surface area (Å²) >= 11 is 11.3. The van der Waals surface area contributed by atoms with E-state index in [2.05, 4.69) is 0 Å². The topological polar surface area (TPSA) is 9.23 Å².